The normalized spacial score (nSPS) is 23.3. The summed E-state index contributed by atoms with van der Waals surface area (Å²) < 4.78 is 14.0. The molecule has 35 heavy (non-hydrogen) atoms. The molecule has 3 aliphatic rings. The van der Waals surface area contributed by atoms with Gasteiger partial charge >= 0.3 is 5.97 Å². The van der Waals surface area contributed by atoms with Gasteiger partial charge in [-0.2, -0.15) is 0 Å². The van der Waals surface area contributed by atoms with Gasteiger partial charge in [-0.3, -0.25) is 14.4 Å². The Morgan fingerprint density at radius 1 is 1.03 bits per heavy atom. The molecule has 1 heterocycles. The number of carbonyl (C=O) groups is 3. The van der Waals surface area contributed by atoms with Crippen molar-refractivity contribution < 1.29 is 23.9 Å². The molecule has 3 atom stereocenters. The second-order valence-corrected chi connectivity index (χ2v) is 10.2. The minimum atomic E-state index is -0.992. The van der Waals surface area contributed by atoms with Crippen molar-refractivity contribution in [2.24, 2.45) is 5.92 Å². The van der Waals surface area contributed by atoms with Gasteiger partial charge in [0.1, 0.15) is 5.82 Å². The minimum Gasteiger partial charge on any atom is -0.481 e. The van der Waals surface area contributed by atoms with Crippen molar-refractivity contribution in [1.82, 2.24) is 4.90 Å². The molecule has 2 amide bonds. The van der Waals surface area contributed by atoms with E-state index in [0.29, 0.717) is 10.7 Å². The van der Waals surface area contributed by atoms with Gasteiger partial charge in [0, 0.05) is 35.0 Å². The molecule has 2 aromatic rings. The fourth-order valence-electron chi connectivity index (χ4n) is 6.01. The van der Waals surface area contributed by atoms with Crippen molar-refractivity contribution >= 4 is 35.1 Å². The van der Waals surface area contributed by atoms with E-state index >= 15 is 0 Å². The average Bonchev–Trinajstić information content (AvgIpc) is 3.27. The molecular formula is C27H28ClFN2O4. The predicted molar refractivity (Wildman–Crippen MR) is 130 cm³/mol. The fourth-order valence-corrected chi connectivity index (χ4v) is 6.18. The number of nitrogens with zero attached hydrogens (tertiary/aromatic N) is 2. The van der Waals surface area contributed by atoms with Crippen LogP contribution in [0.2, 0.25) is 5.02 Å². The van der Waals surface area contributed by atoms with Crippen LogP contribution in [-0.2, 0) is 9.59 Å². The third-order valence-corrected chi connectivity index (χ3v) is 7.97. The van der Waals surface area contributed by atoms with E-state index in [1.165, 1.54) is 18.2 Å². The molecule has 1 N–H and O–H groups in total. The van der Waals surface area contributed by atoms with Crippen LogP contribution in [0.5, 0.6) is 0 Å². The summed E-state index contributed by atoms with van der Waals surface area (Å²) >= 11 is 6.39. The number of anilines is 1. The van der Waals surface area contributed by atoms with Gasteiger partial charge in [-0.15, -0.1) is 0 Å². The van der Waals surface area contributed by atoms with Crippen molar-refractivity contribution in [3.05, 3.63) is 64.4 Å². The number of aliphatic carboxylic acids is 1. The monoisotopic (exact) mass is 498 g/mol. The van der Waals surface area contributed by atoms with E-state index in [1.807, 2.05) is 11.0 Å². The smallest absolute Gasteiger partial charge is 0.303 e. The number of benzene rings is 2. The lowest BCUT2D eigenvalue weighted by Gasteiger charge is -2.51. The molecule has 0 aromatic heterocycles. The Morgan fingerprint density at radius 3 is 2.49 bits per heavy atom. The Morgan fingerprint density at radius 2 is 1.80 bits per heavy atom. The summed E-state index contributed by atoms with van der Waals surface area (Å²) in [6, 6.07) is 10.8. The van der Waals surface area contributed by atoms with E-state index in [-0.39, 0.29) is 54.3 Å². The van der Waals surface area contributed by atoms with Crippen LogP contribution in [0.1, 0.15) is 73.3 Å². The van der Waals surface area contributed by atoms with E-state index < -0.39 is 11.8 Å². The molecule has 184 valence electrons. The highest BCUT2D eigenvalue weighted by molar-refractivity contribution is 6.31. The second kappa shape index (κ2) is 9.61. The highest BCUT2D eigenvalue weighted by atomic mass is 35.5. The van der Waals surface area contributed by atoms with E-state index in [2.05, 4.69) is 0 Å². The first kappa shape index (κ1) is 23.8. The summed E-state index contributed by atoms with van der Waals surface area (Å²) in [5.74, 6) is -1.89. The van der Waals surface area contributed by atoms with Crippen LogP contribution in [0.3, 0.4) is 0 Å². The lowest BCUT2D eigenvalue weighted by Crippen LogP contribution is -2.55. The Labute approximate surface area is 208 Å². The summed E-state index contributed by atoms with van der Waals surface area (Å²) in [6.07, 6.45) is 5.09. The standard InChI is InChI=1S/C27H28ClFN2O4/c28-17-10-11-21-23(15-17)31(27(35)16-4-1-5-18(29)14-16)22-9-3-8-20(22)26(21)30(19-6-2-7-19)24(32)12-13-25(33)34/h1,4-5,10-11,14-15,19-20,22,26H,2-3,6-9,12-13H2,(H,33,34)/t20-,22+,26+/m0/s1. The summed E-state index contributed by atoms with van der Waals surface area (Å²) in [4.78, 5) is 42.0. The zero-order valence-corrected chi connectivity index (χ0v) is 20.1. The molecule has 0 unspecified atom stereocenters. The molecule has 8 heteroatoms. The Balaban J connectivity index is 1.60. The van der Waals surface area contributed by atoms with Crippen molar-refractivity contribution in [2.45, 2.75) is 69.5 Å². The number of fused-ring (bicyclic) bond motifs is 2. The maximum Gasteiger partial charge on any atom is 0.303 e. The van der Waals surface area contributed by atoms with Gasteiger partial charge in [0.25, 0.3) is 5.91 Å². The number of rotatable bonds is 6. The van der Waals surface area contributed by atoms with E-state index in [4.69, 9.17) is 11.6 Å². The zero-order chi connectivity index (χ0) is 24.7. The van der Waals surface area contributed by atoms with Crippen molar-refractivity contribution in [2.75, 3.05) is 4.90 Å². The topological polar surface area (TPSA) is 77.9 Å². The minimum absolute atomic E-state index is 0.00978. The number of hydrogen-bond acceptors (Lipinski definition) is 3. The molecule has 0 spiro atoms. The number of hydrogen-bond donors (Lipinski definition) is 1. The molecule has 5 rings (SSSR count). The van der Waals surface area contributed by atoms with Crippen LogP contribution in [0, 0.1) is 11.7 Å². The maximum absolute atomic E-state index is 14.0. The maximum atomic E-state index is 14.0. The van der Waals surface area contributed by atoms with Crippen LogP contribution in [0.4, 0.5) is 10.1 Å². The van der Waals surface area contributed by atoms with Crippen LogP contribution >= 0.6 is 11.6 Å². The number of amides is 2. The highest BCUT2D eigenvalue weighted by Crippen LogP contribution is 2.53. The van der Waals surface area contributed by atoms with Gasteiger partial charge < -0.3 is 14.9 Å². The molecule has 0 bridgehead atoms. The summed E-state index contributed by atoms with van der Waals surface area (Å²) in [5, 5.41) is 9.65. The number of carbonyl (C=O) groups excluding carboxylic acids is 2. The lowest BCUT2D eigenvalue weighted by atomic mass is 9.78. The fraction of sp³-hybridized carbons (Fsp3) is 0.444. The van der Waals surface area contributed by atoms with Crippen LogP contribution in [0.25, 0.3) is 0 Å². The summed E-state index contributed by atoms with van der Waals surface area (Å²) in [5.41, 5.74) is 1.77. The average molecular weight is 499 g/mol. The SMILES string of the molecule is O=C(O)CCC(=O)N(C1CCC1)[C@H]1c2ccc(Cl)cc2N(C(=O)c2cccc(F)c2)[C@@H]2CCC[C@@H]21. The lowest BCUT2D eigenvalue weighted by molar-refractivity contribution is -0.145. The Kier molecular flexibility index (Phi) is 6.53. The van der Waals surface area contributed by atoms with Crippen LogP contribution < -0.4 is 4.90 Å². The number of carboxylic acid groups (broad SMARTS) is 1. The van der Waals surface area contributed by atoms with Crippen molar-refractivity contribution in [1.29, 1.82) is 0 Å². The van der Waals surface area contributed by atoms with Crippen LogP contribution in [-0.4, -0.2) is 39.9 Å². The van der Waals surface area contributed by atoms with E-state index in [0.717, 1.165) is 44.1 Å². The van der Waals surface area contributed by atoms with E-state index in [1.54, 1.807) is 23.1 Å². The van der Waals surface area contributed by atoms with E-state index in [9.17, 15) is 23.9 Å². The summed E-state index contributed by atoms with van der Waals surface area (Å²) in [6.45, 7) is 0. The first-order valence-corrected chi connectivity index (χ1v) is 12.6. The predicted octanol–water partition coefficient (Wildman–Crippen LogP) is 5.60. The van der Waals surface area contributed by atoms with Crippen molar-refractivity contribution in [3.8, 4) is 0 Å². The Bertz CT molecular complexity index is 1170. The molecule has 2 saturated carbocycles. The molecule has 0 radical (unpaired) electrons. The second-order valence-electron chi connectivity index (χ2n) is 9.78. The molecular weight excluding hydrogens is 471 g/mol. The molecule has 2 aromatic carbocycles. The number of halogens is 2. The van der Waals surface area contributed by atoms with Gasteiger partial charge in [0.2, 0.25) is 5.91 Å². The van der Waals surface area contributed by atoms with Crippen molar-refractivity contribution in [3.63, 3.8) is 0 Å². The third-order valence-electron chi connectivity index (χ3n) is 7.74. The van der Waals surface area contributed by atoms with Crippen LogP contribution in [0.15, 0.2) is 42.5 Å². The first-order chi connectivity index (χ1) is 16.8. The van der Waals surface area contributed by atoms with Gasteiger partial charge in [-0.25, -0.2) is 4.39 Å². The largest absolute Gasteiger partial charge is 0.481 e. The summed E-state index contributed by atoms with van der Waals surface area (Å²) in [7, 11) is 0. The van der Waals surface area contributed by atoms with Gasteiger partial charge in [0.15, 0.2) is 0 Å². The molecule has 6 nitrogen and oxygen atoms in total. The Hall–Kier alpha value is -2.93. The molecule has 1 aliphatic heterocycles. The molecule has 0 saturated heterocycles. The number of carboxylic acids is 1. The molecule has 2 fully saturated rings. The third kappa shape index (κ3) is 4.42. The van der Waals surface area contributed by atoms with Gasteiger partial charge in [-0.1, -0.05) is 30.2 Å². The first-order valence-electron chi connectivity index (χ1n) is 12.3. The highest BCUT2D eigenvalue weighted by Gasteiger charge is 2.50. The molecule has 2 aliphatic carbocycles. The van der Waals surface area contributed by atoms with Gasteiger partial charge in [0.05, 0.1) is 18.2 Å². The quantitative estimate of drug-likeness (QED) is 0.562. The van der Waals surface area contributed by atoms with Gasteiger partial charge in [-0.05, 0) is 68.0 Å². The zero-order valence-electron chi connectivity index (χ0n) is 19.3.